The molecule has 0 aromatic carbocycles. The van der Waals surface area contributed by atoms with Gasteiger partial charge in [0.05, 0.1) is 19.3 Å². The number of ether oxygens (including phenoxy) is 1. The van der Waals surface area contributed by atoms with Crippen LogP contribution in [0.3, 0.4) is 0 Å². The summed E-state index contributed by atoms with van der Waals surface area (Å²) < 4.78 is 5.67. The second-order valence-electron chi connectivity index (χ2n) is 7.41. The van der Waals surface area contributed by atoms with E-state index in [2.05, 4.69) is 19.2 Å². The fourth-order valence-corrected chi connectivity index (χ4v) is 3.49. The van der Waals surface area contributed by atoms with E-state index in [0.717, 1.165) is 19.3 Å². The SMILES string of the molecule is CN(CC(=O)O)CC1CN(C(=O)NC2CCCC2(C)C)CCO1. The molecule has 132 valence electrons. The number of hydrogen-bond acceptors (Lipinski definition) is 4. The lowest BCUT2D eigenvalue weighted by Gasteiger charge is -2.36. The predicted octanol–water partition coefficient (Wildman–Crippen LogP) is 0.992. The molecule has 2 rings (SSSR count). The van der Waals surface area contributed by atoms with Crippen molar-refractivity contribution in [1.29, 1.82) is 0 Å². The highest BCUT2D eigenvalue weighted by Gasteiger charge is 2.36. The first-order valence-corrected chi connectivity index (χ1v) is 8.35. The summed E-state index contributed by atoms with van der Waals surface area (Å²) in [7, 11) is 1.75. The maximum atomic E-state index is 12.5. The van der Waals surface area contributed by atoms with E-state index in [9.17, 15) is 9.59 Å². The molecular weight excluding hydrogens is 298 g/mol. The van der Waals surface area contributed by atoms with E-state index in [-0.39, 0.29) is 30.1 Å². The van der Waals surface area contributed by atoms with Gasteiger partial charge in [-0.1, -0.05) is 20.3 Å². The van der Waals surface area contributed by atoms with Crippen LogP contribution in [0.4, 0.5) is 4.79 Å². The van der Waals surface area contributed by atoms with Crippen LogP contribution in [0, 0.1) is 5.41 Å². The molecule has 2 fully saturated rings. The van der Waals surface area contributed by atoms with Gasteiger partial charge < -0.3 is 20.1 Å². The molecule has 0 aromatic heterocycles. The van der Waals surface area contributed by atoms with Gasteiger partial charge in [-0.15, -0.1) is 0 Å². The second-order valence-corrected chi connectivity index (χ2v) is 7.41. The molecule has 7 heteroatoms. The maximum absolute atomic E-state index is 12.5. The Bertz CT molecular complexity index is 441. The fraction of sp³-hybridized carbons (Fsp3) is 0.875. The average molecular weight is 327 g/mol. The summed E-state index contributed by atoms with van der Waals surface area (Å²) in [4.78, 5) is 26.7. The van der Waals surface area contributed by atoms with Crippen LogP contribution < -0.4 is 5.32 Å². The molecule has 0 radical (unpaired) electrons. The second kappa shape index (κ2) is 7.49. The smallest absolute Gasteiger partial charge is 0.317 e. The normalized spacial score (nSPS) is 27.2. The summed E-state index contributed by atoms with van der Waals surface area (Å²) in [5.41, 5.74) is 0.156. The average Bonchev–Trinajstić information content (AvgIpc) is 2.77. The van der Waals surface area contributed by atoms with Gasteiger partial charge in [0.25, 0.3) is 0 Å². The first-order chi connectivity index (χ1) is 10.8. The predicted molar refractivity (Wildman–Crippen MR) is 86.4 cm³/mol. The van der Waals surface area contributed by atoms with E-state index < -0.39 is 5.97 Å². The van der Waals surface area contributed by atoms with E-state index in [4.69, 9.17) is 9.84 Å². The third kappa shape index (κ3) is 5.07. The quantitative estimate of drug-likeness (QED) is 0.787. The van der Waals surface area contributed by atoms with Gasteiger partial charge in [-0.2, -0.15) is 0 Å². The third-order valence-electron chi connectivity index (χ3n) is 4.90. The first-order valence-electron chi connectivity index (χ1n) is 8.35. The molecule has 1 aliphatic carbocycles. The van der Waals surface area contributed by atoms with E-state index in [1.165, 1.54) is 0 Å². The van der Waals surface area contributed by atoms with Crippen LogP contribution in [0.2, 0.25) is 0 Å². The minimum Gasteiger partial charge on any atom is -0.480 e. The van der Waals surface area contributed by atoms with Gasteiger partial charge in [-0.05, 0) is 25.3 Å². The zero-order chi connectivity index (χ0) is 17.0. The van der Waals surface area contributed by atoms with Crippen LogP contribution in [0.5, 0.6) is 0 Å². The highest BCUT2D eigenvalue weighted by Crippen LogP contribution is 2.37. The summed E-state index contributed by atoms with van der Waals surface area (Å²) >= 11 is 0. The van der Waals surface area contributed by atoms with Gasteiger partial charge in [0.1, 0.15) is 0 Å². The van der Waals surface area contributed by atoms with Crippen molar-refractivity contribution in [2.75, 3.05) is 39.8 Å². The highest BCUT2D eigenvalue weighted by molar-refractivity contribution is 5.74. The Labute approximate surface area is 138 Å². The summed E-state index contributed by atoms with van der Waals surface area (Å²) in [6, 6.07) is 0.199. The van der Waals surface area contributed by atoms with Crippen molar-refractivity contribution in [1.82, 2.24) is 15.1 Å². The Morgan fingerprint density at radius 3 is 2.78 bits per heavy atom. The lowest BCUT2D eigenvalue weighted by molar-refractivity contribution is -0.138. The standard InChI is InChI=1S/C16H29N3O4/c1-16(2)6-4-5-13(16)17-15(22)19-7-8-23-12(10-19)9-18(3)11-14(20)21/h12-13H,4-11H2,1-3H3,(H,17,22)(H,20,21). The largest absolute Gasteiger partial charge is 0.480 e. The summed E-state index contributed by atoms with van der Waals surface area (Å²) in [5, 5.41) is 12.0. The summed E-state index contributed by atoms with van der Waals surface area (Å²) in [6.07, 6.45) is 3.19. The molecule has 2 amide bonds. The van der Waals surface area contributed by atoms with Crippen LogP contribution >= 0.6 is 0 Å². The lowest BCUT2D eigenvalue weighted by atomic mass is 9.87. The third-order valence-corrected chi connectivity index (χ3v) is 4.90. The molecule has 1 heterocycles. The Kier molecular flexibility index (Phi) is 5.86. The molecule has 2 aliphatic rings. The zero-order valence-electron chi connectivity index (χ0n) is 14.4. The molecule has 0 aromatic rings. The van der Waals surface area contributed by atoms with Crippen molar-refractivity contribution in [2.45, 2.75) is 45.3 Å². The highest BCUT2D eigenvalue weighted by atomic mass is 16.5. The maximum Gasteiger partial charge on any atom is 0.317 e. The number of amides is 2. The molecule has 1 aliphatic heterocycles. The Morgan fingerprint density at radius 1 is 1.43 bits per heavy atom. The molecule has 0 bridgehead atoms. The van der Waals surface area contributed by atoms with Gasteiger partial charge in [0, 0.05) is 25.7 Å². The van der Waals surface area contributed by atoms with Crippen molar-refractivity contribution >= 4 is 12.0 Å². The monoisotopic (exact) mass is 327 g/mol. The Hall–Kier alpha value is -1.34. The van der Waals surface area contributed by atoms with Gasteiger partial charge in [0.15, 0.2) is 0 Å². The zero-order valence-corrected chi connectivity index (χ0v) is 14.4. The molecule has 7 nitrogen and oxygen atoms in total. The number of likely N-dealkylation sites (N-methyl/N-ethyl adjacent to an activating group) is 1. The number of hydrogen-bond donors (Lipinski definition) is 2. The molecule has 0 spiro atoms. The number of carbonyl (C=O) groups excluding carboxylic acids is 1. The number of morpholine rings is 1. The van der Waals surface area contributed by atoms with Crippen molar-refractivity contribution in [3.8, 4) is 0 Å². The molecule has 1 saturated heterocycles. The number of nitrogens with one attached hydrogen (secondary N) is 1. The molecule has 2 N–H and O–H groups in total. The number of carboxylic acids is 1. The molecular formula is C16H29N3O4. The van der Waals surface area contributed by atoms with Crippen LogP contribution in [-0.2, 0) is 9.53 Å². The van der Waals surface area contributed by atoms with E-state index in [0.29, 0.717) is 26.2 Å². The van der Waals surface area contributed by atoms with E-state index in [1.807, 2.05) is 0 Å². The molecule has 2 unspecified atom stereocenters. The van der Waals surface area contributed by atoms with Crippen molar-refractivity contribution in [3.63, 3.8) is 0 Å². The molecule has 23 heavy (non-hydrogen) atoms. The topological polar surface area (TPSA) is 82.1 Å². The number of nitrogens with zero attached hydrogens (tertiary/aromatic N) is 2. The lowest BCUT2D eigenvalue weighted by Crippen LogP contribution is -2.55. The Morgan fingerprint density at radius 2 is 2.17 bits per heavy atom. The number of urea groups is 1. The van der Waals surface area contributed by atoms with Crippen molar-refractivity contribution < 1.29 is 19.4 Å². The number of carbonyl (C=O) groups is 2. The summed E-state index contributed by atoms with van der Waals surface area (Å²) in [5.74, 6) is -0.860. The Balaban J connectivity index is 1.83. The molecule has 1 saturated carbocycles. The number of carboxylic acid groups (broad SMARTS) is 1. The minimum atomic E-state index is -0.860. The van der Waals surface area contributed by atoms with Crippen LogP contribution in [0.1, 0.15) is 33.1 Å². The van der Waals surface area contributed by atoms with Crippen LogP contribution in [0.15, 0.2) is 0 Å². The number of aliphatic carboxylic acids is 1. The van der Waals surface area contributed by atoms with E-state index >= 15 is 0 Å². The van der Waals surface area contributed by atoms with Gasteiger partial charge in [-0.25, -0.2) is 4.79 Å². The number of rotatable bonds is 5. The summed E-state index contributed by atoms with van der Waals surface area (Å²) in [6.45, 7) is 6.46. The van der Waals surface area contributed by atoms with Crippen molar-refractivity contribution in [3.05, 3.63) is 0 Å². The van der Waals surface area contributed by atoms with E-state index in [1.54, 1.807) is 16.8 Å². The fourth-order valence-electron chi connectivity index (χ4n) is 3.49. The van der Waals surface area contributed by atoms with Gasteiger partial charge >= 0.3 is 12.0 Å². The molecule has 2 atom stereocenters. The minimum absolute atomic E-state index is 0.0255. The van der Waals surface area contributed by atoms with Gasteiger partial charge in [-0.3, -0.25) is 9.69 Å². The van der Waals surface area contributed by atoms with Crippen LogP contribution in [-0.4, -0.2) is 78.9 Å². The van der Waals surface area contributed by atoms with Gasteiger partial charge in [0.2, 0.25) is 0 Å². The first kappa shape index (κ1) is 18.0. The van der Waals surface area contributed by atoms with Crippen molar-refractivity contribution in [2.24, 2.45) is 5.41 Å². The van der Waals surface area contributed by atoms with Crippen LogP contribution in [0.25, 0.3) is 0 Å².